The summed E-state index contributed by atoms with van der Waals surface area (Å²) in [6.45, 7) is 4.99. The van der Waals surface area contributed by atoms with Crippen molar-refractivity contribution in [1.29, 1.82) is 0 Å². The first-order valence-corrected chi connectivity index (χ1v) is 8.74. The summed E-state index contributed by atoms with van der Waals surface area (Å²) >= 11 is 0. The van der Waals surface area contributed by atoms with Crippen molar-refractivity contribution < 1.29 is 31.9 Å². The van der Waals surface area contributed by atoms with Crippen molar-refractivity contribution in [2.24, 2.45) is 0 Å². The summed E-state index contributed by atoms with van der Waals surface area (Å²) in [5, 5.41) is 10.2. The number of aliphatic hydroxyl groups is 1. The van der Waals surface area contributed by atoms with Crippen molar-refractivity contribution in [2.75, 3.05) is 6.61 Å². The number of hydrogen-bond donors (Lipinski definition) is 1. The first-order chi connectivity index (χ1) is 10.7. The standard InChI is InChI=1S/C15H20O7S/c1-9-4-6-10(7-5-9)23(17,18)19-8-11-12(16)13-14(20-11)22-15(2,3)21-13/h4-7,11-14,16H,8H2,1-3H3/t11-,12-,13+,14+/m1/s1. The molecule has 2 aliphatic heterocycles. The zero-order valence-corrected chi connectivity index (χ0v) is 13.9. The van der Waals surface area contributed by atoms with E-state index in [2.05, 4.69) is 0 Å². The third-order valence-electron chi connectivity index (χ3n) is 3.81. The highest BCUT2D eigenvalue weighted by Crippen LogP contribution is 2.37. The highest BCUT2D eigenvalue weighted by molar-refractivity contribution is 7.86. The monoisotopic (exact) mass is 344 g/mol. The van der Waals surface area contributed by atoms with Crippen LogP contribution in [0.4, 0.5) is 0 Å². The van der Waals surface area contributed by atoms with Crippen LogP contribution in [0.3, 0.4) is 0 Å². The van der Waals surface area contributed by atoms with Crippen LogP contribution in [-0.4, -0.2) is 50.5 Å². The molecular weight excluding hydrogens is 324 g/mol. The Morgan fingerprint density at radius 2 is 1.87 bits per heavy atom. The van der Waals surface area contributed by atoms with Crippen LogP contribution in [0.2, 0.25) is 0 Å². The van der Waals surface area contributed by atoms with Crippen molar-refractivity contribution in [2.45, 2.75) is 56.1 Å². The minimum absolute atomic E-state index is 0.0596. The molecule has 23 heavy (non-hydrogen) atoms. The fraction of sp³-hybridized carbons (Fsp3) is 0.600. The van der Waals surface area contributed by atoms with Gasteiger partial charge in [0.2, 0.25) is 0 Å². The van der Waals surface area contributed by atoms with E-state index in [1.807, 2.05) is 6.92 Å². The lowest BCUT2D eigenvalue weighted by Gasteiger charge is -2.22. The number of rotatable bonds is 4. The SMILES string of the molecule is Cc1ccc(S(=O)(=O)OC[C@H]2O[C@H]3OC(C)(C)O[C@H]3[C@@H]2O)cc1. The Morgan fingerprint density at radius 3 is 2.48 bits per heavy atom. The lowest BCUT2D eigenvalue weighted by atomic mass is 10.1. The summed E-state index contributed by atoms with van der Waals surface area (Å²) in [6, 6.07) is 6.32. The Hall–Kier alpha value is -1.03. The van der Waals surface area contributed by atoms with E-state index in [1.165, 1.54) is 12.1 Å². The molecule has 1 aromatic rings. The zero-order valence-electron chi connectivity index (χ0n) is 13.1. The Morgan fingerprint density at radius 1 is 1.22 bits per heavy atom. The van der Waals surface area contributed by atoms with Gasteiger partial charge in [-0.05, 0) is 32.9 Å². The van der Waals surface area contributed by atoms with Crippen LogP contribution >= 0.6 is 0 Å². The summed E-state index contributed by atoms with van der Waals surface area (Å²) in [7, 11) is -3.91. The molecule has 2 heterocycles. The fourth-order valence-corrected chi connectivity index (χ4v) is 3.54. The maximum absolute atomic E-state index is 12.1. The Kier molecular flexibility index (Phi) is 4.24. The van der Waals surface area contributed by atoms with E-state index in [1.54, 1.807) is 26.0 Å². The van der Waals surface area contributed by atoms with Crippen LogP contribution in [0.25, 0.3) is 0 Å². The topological polar surface area (TPSA) is 91.3 Å². The van der Waals surface area contributed by atoms with Gasteiger partial charge in [-0.3, -0.25) is 4.18 Å². The average Bonchev–Trinajstić information content (AvgIpc) is 2.91. The highest BCUT2D eigenvalue weighted by atomic mass is 32.2. The summed E-state index contributed by atoms with van der Waals surface area (Å²) < 4.78 is 45.8. The zero-order chi connectivity index (χ0) is 16.8. The van der Waals surface area contributed by atoms with Crippen molar-refractivity contribution in [3.8, 4) is 0 Å². The normalized spacial score (nSPS) is 32.9. The minimum atomic E-state index is -3.91. The first kappa shape index (κ1) is 16.8. The van der Waals surface area contributed by atoms with Gasteiger partial charge in [0, 0.05) is 0 Å². The second-order valence-electron chi connectivity index (χ2n) is 6.19. The predicted octanol–water partition coefficient (Wildman–Crippen LogP) is 0.938. The van der Waals surface area contributed by atoms with Crippen LogP contribution in [0.15, 0.2) is 29.2 Å². The number of aryl methyl sites for hydroxylation is 1. The largest absolute Gasteiger partial charge is 0.387 e. The summed E-state index contributed by atoms with van der Waals surface area (Å²) in [5.74, 6) is -0.837. The van der Waals surface area contributed by atoms with Gasteiger partial charge >= 0.3 is 0 Å². The molecule has 0 unspecified atom stereocenters. The Balaban J connectivity index is 1.62. The lowest BCUT2D eigenvalue weighted by molar-refractivity contribution is -0.217. The van der Waals surface area contributed by atoms with Crippen LogP contribution in [0.1, 0.15) is 19.4 Å². The molecule has 128 valence electrons. The maximum atomic E-state index is 12.1. The molecule has 0 bridgehead atoms. The van der Waals surface area contributed by atoms with Crippen molar-refractivity contribution in [3.05, 3.63) is 29.8 Å². The fourth-order valence-electron chi connectivity index (χ4n) is 2.63. The van der Waals surface area contributed by atoms with E-state index in [9.17, 15) is 13.5 Å². The van der Waals surface area contributed by atoms with E-state index < -0.39 is 40.5 Å². The smallest absolute Gasteiger partial charge is 0.297 e. The molecule has 2 fully saturated rings. The van der Waals surface area contributed by atoms with E-state index in [-0.39, 0.29) is 11.5 Å². The third kappa shape index (κ3) is 3.42. The van der Waals surface area contributed by atoms with Crippen LogP contribution < -0.4 is 0 Å². The number of fused-ring (bicyclic) bond motifs is 1. The van der Waals surface area contributed by atoms with Gasteiger partial charge in [-0.2, -0.15) is 8.42 Å². The lowest BCUT2D eigenvalue weighted by Crippen LogP contribution is -2.37. The molecule has 7 nitrogen and oxygen atoms in total. The molecule has 0 aromatic heterocycles. The van der Waals surface area contributed by atoms with Crippen molar-refractivity contribution in [3.63, 3.8) is 0 Å². The summed E-state index contributed by atoms with van der Waals surface area (Å²) in [6.07, 6.45) is -3.23. The quantitative estimate of drug-likeness (QED) is 0.813. The van der Waals surface area contributed by atoms with Crippen molar-refractivity contribution in [1.82, 2.24) is 0 Å². The van der Waals surface area contributed by atoms with Gasteiger partial charge in [0.05, 0.1) is 11.5 Å². The van der Waals surface area contributed by atoms with Crippen LogP contribution in [0, 0.1) is 6.92 Å². The molecule has 0 saturated carbocycles. The van der Waals surface area contributed by atoms with E-state index in [4.69, 9.17) is 18.4 Å². The first-order valence-electron chi connectivity index (χ1n) is 7.33. The van der Waals surface area contributed by atoms with E-state index >= 15 is 0 Å². The molecule has 4 atom stereocenters. The van der Waals surface area contributed by atoms with Crippen molar-refractivity contribution >= 4 is 10.1 Å². The molecule has 2 aliphatic rings. The molecule has 0 spiro atoms. The average molecular weight is 344 g/mol. The summed E-state index contributed by atoms with van der Waals surface area (Å²) in [5.41, 5.74) is 0.947. The van der Waals surface area contributed by atoms with Gasteiger partial charge in [0.15, 0.2) is 12.1 Å². The number of aliphatic hydroxyl groups excluding tert-OH is 1. The Labute approximate surface area is 135 Å². The molecular formula is C15H20O7S. The van der Waals surface area contributed by atoms with Gasteiger partial charge in [-0.25, -0.2) is 0 Å². The molecule has 1 N–H and O–H groups in total. The highest BCUT2D eigenvalue weighted by Gasteiger charge is 2.54. The maximum Gasteiger partial charge on any atom is 0.297 e. The molecule has 3 rings (SSSR count). The molecule has 0 aliphatic carbocycles. The van der Waals surface area contributed by atoms with Gasteiger partial charge in [-0.15, -0.1) is 0 Å². The van der Waals surface area contributed by atoms with Crippen LogP contribution in [-0.2, 0) is 28.5 Å². The minimum Gasteiger partial charge on any atom is -0.387 e. The number of ether oxygens (including phenoxy) is 3. The van der Waals surface area contributed by atoms with Gasteiger partial charge in [0.1, 0.15) is 18.3 Å². The number of hydrogen-bond acceptors (Lipinski definition) is 7. The molecule has 8 heteroatoms. The van der Waals surface area contributed by atoms with Gasteiger partial charge in [-0.1, -0.05) is 17.7 Å². The second kappa shape index (κ2) is 5.80. The van der Waals surface area contributed by atoms with Crippen LogP contribution in [0.5, 0.6) is 0 Å². The van der Waals surface area contributed by atoms with E-state index in [0.29, 0.717) is 0 Å². The summed E-state index contributed by atoms with van der Waals surface area (Å²) in [4.78, 5) is 0.0596. The number of benzene rings is 1. The van der Waals surface area contributed by atoms with E-state index in [0.717, 1.165) is 5.56 Å². The second-order valence-corrected chi connectivity index (χ2v) is 7.80. The van der Waals surface area contributed by atoms with Gasteiger partial charge in [0.25, 0.3) is 10.1 Å². The Bertz CT molecular complexity index is 668. The third-order valence-corrected chi connectivity index (χ3v) is 5.11. The molecule has 0 radical (unpaired) electrons. The predicted molar refractivity (Wildman–Crippen MR) is 79.0 cm³/mol. The molecule has 2 saturated heterocycles. The molecule has 1 aromatic carbocycles. The van der Waals surface area contributed by atoms with Gasteiger partial charge < -0.3 is 19.3 Å². The molecule has 0 amide bonds.